The lowest BCUT2D eigenvalue weighted by atomic mass is 10.1. The van der Waals surface area contributed by atoms with Gasteiger partial charge in [-0.1, -0.05) is 27.5 Å². The zero-order valence-corrected chi connectivity index (χ0v) is 12.2. The van der Waals surface area contributed by atoms with E-state index in [1.807, 2.05) is 0 Å². The van der Waals surface area contributed by atoms with E-state index in [4.69, 9.17) is 11.6 Å². The zero-order valence-electron chi connectivity index (χ0n) is 9.91. The zero-order chi connectivity index (χ0) is 13.8. The number of aliphatic hydroxyl groups excluding tert-OH is 1. The van der Waals surface area contributed by atoms with Crippen LogP contribution in [0.2, 0.25) is 5.02 Å². The van der Waals surface area contributed by atoms with Crippen LogP contribution in [-0.4, -0.2) is 11.7 Å². The van der Waals surface area contributed by atoms with Crippen LogP contribution in [-0.2, 0) is 0 Å². The molecule has 0 amide bonds. The van der Waals surface area contributed by atoms with Gasteiger partial charge >= 0.3 is 0 Å². The summed E-state index contributed by atoms with van der Waals surface area (Å²) < 4.78 is 14.0. The van der Waals surface area contributed by atoms with Gasteiger partial charge in [0.25, 0.3) is 0 Å². The van der Waals surface area contributed by atoms with Gasteiger partial charge < -0.3 is 10.4 Å². The Morgan fingerprint density at radius 3 is 2.53 bits per heavy atom. The smallest absolute Gasteiger partial charge is 0.123 e. The molecule has 2 aromatic rings. The maximum Gasteiger partial charge on any atom is 0.123 e. The van der Waals surface area contributed by atoms with E-state index in [1.165, 1.54) is 12.1 Å². The van der Waals surface area contributed by atoms with Gasteiger partial charge in [-0.3, -0.25) is 0 Å². The molecule has 2 nitrogen and oxygen atoms in total. The van der Waals surface area contributed by atoms with Gasteiger partial charge in [-0.2, -0.15) is 0 Å². The lowest BCUT2D eigenvalue weighted by Crippen LogP contribution is -2.15. The van der Waals surface area contributed by atoms with Gasteiger partial charge in [-0.15, -0.1) is 0 Å². The van der Waals surface area contributed by atoms with Crippen molar-refractivity contribution in [1.29, 1.82) is 0 Å². The Bertz CT molecular complexity index is 562. The van der Waals surface area contributed by atoms with E-state index >= 15 is 0 Å². The van der Waals surface area contributed by atoms with Crippen LogP contribution in [0, 0.1) is 5.82 Å². The second kappa shape index (κ2) is 6.37. The van der Waals surface area contributed by atoms with Crippen molar-refractivity contribution in [3.05, 3.63) is 63.3 Å². The Hall–Kier alpha value is -1.10. The Balaban J connectivity index is 2.24. The highest BCUT2D eigenvalue weighted by Gasteiger charge is 2.14. The van der Waals surface area contributed by atoms with Crippen molar-refractivity contribution in [2.75, 3.05) is 11.9 Å². The van der Waals surface area contributed by atoms with E-state index in [0.29, 0.717) is 10.6 Å². The summed E-state index contributed by atoms with van der Waals surface area (Å²) in [7, 11) is 0. The highest BCUT2D eigenvalue weighted by Crippen LogP contribution is 2.27. The Morgan fingerprint density at radius 1 is 1.21 bits per heavy atom. The third kappa shape index (κ3) is 3.69. The molecule has 0 spiro atoms. The molecule has 0 fully saturated rings. The number of rotatable bonds is 4. The molecule has 0 aromatic heterocycles. The van der Waals surface area contributed by atoms with Crippen LogP contribution < -0.4 is 5.32 Å². The van der Waals surface area contributed by atoms with Crippen molar-refractivity contribution in [3.63, 3.8) is 0 Å². The van der Waals surface area contributed by atoms with Gasteiger partial charge in [0.1, 0.15) is 5.82 Å². The molecule has 2 aromatic carbocycles. The van der Waals surface area contributed by atoms with Crippen LogP contribution in [0.5, 0.6) is 0 Å². The van der Waals surface area contributed by atoms with Crippen LogP contribution in [0.15, 0.2) is 46.9 Å². The quantitative estimate of drug-likeness (QED) is 0.862. The Kier molecular flexibility index (Phi) is 4.80. The third-order valence-electron chi connectivity index (χ3n) is 2.70. The minimum absolute atomic E-state index is 0.148. The second-order valence-electron chi connectivity index (χ2n) is 4.05. The first-order chi connectivity index (χ1) is 9.10. The monoisotopic (exact) mass is 343 g/mol. The summed E-state index contributed by atoms with van der Waals surface area (Å²) in [6.45, 7) is -0.148. The van der Waals surface area contributed by atoms with Crippen molar-refractivity contribution in [2.24, 2.45) is 0 Å². The van der Waals surface area contributed by atoms with E-state index < -0.39 is 6.04 Å². The number of benzene rings is 2. The molecule has 2 rings (SSSR count). The fourth-order valence-electron chi connectivity index (χ4n) is 1.75. The van der Waals surface area contributed by atoms with Crippen LogP contribution in [0.3, 0.4) is 0 Å². The molecular formula is C14H12BrClFNO. The van der Waals surface area contributed by atoms with Crippen molar-refractivity contribution in [1.82, 2.24) is 0 Å². The van der Waals surface area contributed by atoms with Crippen LogP contribution in [0.1, 0.15) is 11.6 Å². The molecule has 2 N–H and O–H groups in total. The summed E-state index contributed by atoms with van der Waals surface area (Å²) in [5.74, 6) is -0.338. The number of anilines is 1. The molecule has 5 heteroatoms. The van der Waals surface area contributed by atoms with Gasteiger partial charge in [-0.25, -0.2) is 4.39 Å². The molecule has 0 aliphatic rings. The minimum atomic E-state index is -0.397. The van der Waals surface area contributed by atoms with Crippen molar-refractivity contribution in [3.8, 4) is 0 Å². The average Bonchev–Trinajstić information content (AvgIpc) is 2.41. The van der Waals surface area contributed by atoms with Crippen LogP contribution in [0.25, 0.3) is 0 Å². The normalized spacial score (nSPS) is 12.2. The molecule has 100 valence electrons. The average molecular weight is 345 g/mol. The van der Waals surface area contributed by atoms with Crippen molar-refractivity contribution >= 4 is 33.2 Å². The van der Waals surface area contributed by atoms with Gasteiger partial charge in [0.15, 0.2) is 0 Å². The number of nitrogens with one attached hydrogen (secondary N) is 1. The molecule has 0 bridgehead atoms. The highest BCUT2D eigenvalue weighted by molar-refractivity contribution is 9.10. The first kappa shape index (κ1) is 14.3. The Morgan fingerprint density at radius 2 is 1.89 bits per heavy atom. The molecule has 1 atom stereocenters. The van der Waals surface area contributed by atoms with Crippen molar-refractivity contribution < 1.29 is 9.50 Å². The molecule has 0 aliphatic heterocycles. The summed E-state index contributed by atoms with van der Waals surface area (Å²) in [5.41, 5.74) is 1.47. The molecule has 0 aliphatic carbocycles. The fraction of sp³-hybridized carbons (Fsp3) is 0.143. The van der Waals surface area contributed by atoms with E-state index in [0.717, 1.165) is 10.2 Å². The first-order valence-electron chi connectivity index (χ1n) is 5.68. The summed E-state index contributed by atoms with van der Waals surface area (Å²) >= 11 is 9.17. The standard InChI is InChI=1S/C14H12BrClFNO/c15-13-6-3-10(17)7-12(13)14(8-19)18-11-4-1-9(16)2-5-11/h1-7,14,18-19H,8H2. The summed E-state index contributed by atoms with van der Waals surface area (Å²) in [5, 5.41) is 13.3. The van der Waals surface area contributed by atoms with Gasteiger partial charge in [0, 0.05) is 15.2 Å². The van der Waals surface area contributed by atoms with E-state index in [2.05, 4.69) is 21.2 Å². The van der Waals surface area contributed by atoms with Gasteiger partial charge in [0.2, 0.25) is 0 Å². The largest absolute Gasteiger partial charge is 0.394 e. The predicted octanol–water partition coefficient (Wildman–Crippen LogP) is 4.39. The molecule has 0 saturated heterocycles. The third-order valence-corrected chi connectivity index (χ3v) is 3.68. The molecule has 19 heavy (non-hydrogen) atoms. The van der Waals surface area contributed by atoms with Crippen molar-refractivity contribution in [2.45, 2.75) is 6.04 Å². The maximum atomic E-state index is 13.3. The first-order valence-corrected chi connectivity index (χ1v) is 6.85. The highest BCUT2D eigenvalue weighted by atomic mass is 79.9. The fourth-order valence-corrected chi connectivity index (χ4v) is 2.40. The van der Waals surface area contributed by atoms with Crippen LogP contribution in [0.4, 0.5) is 10.1 Å². The summed E-state index contributed by atoms with van der Waals surface area (Å²) in [6.07, 6.45) is 0. The molecular weight excluding hydrogens is 333 g/mol. The molecule has 0 heterocycles. The van der Waals surface area contributed by atoms with Crippen LogP contribution >= 0.6 is 27.5 Å². The molecule has 1 unspecified atom stereocenters. The van der Waals surface area contributed by atoms with Gasteiger partial charge in [-0.05, 0) is 48.0 Å². The lowest BCUT2D eigenvalue weighted by molar-refractivity contribution is 0.276. The minimum Gasteiger partial charge on any atom is -0.394 e. The number of hydrogen-bond donors (Lipinski definition) is 2. The summed E-state index contributed by atoms with van der Waals surface area (Å²) in [6, 6.07) is 11.1. The summed E-state index contributed by atoms with van der Waals surface area (Å²) in [4.78, 5) is 0. The van der Waals surface area contributed by atoms with E-state index in [9.17, 15) is 9.50 Å². The van der Waals surface area contributed by atoms with E-state index in [1.54, 1.807) is 30.3 Å². The van der Waals surface area contributed by atoms with E-state index in [-0.39, 0.29) is 12.4 Å². The molecule has 0 saturated carbocycles. The lowest BCUT2D eigenvalue weighted by Gasteiger charge is -2.19. The maximum absolute atomic E-state index is 13.3. The number of hydrogen-bond acceptors (Lipinski definition) is 2. The number of aliphatic hydroxyl groups is 1. The molecule has 0 radical (unpaired) electrons. The number of halogens is 3. The SMILES string of the molecule is OCC(Nc1ccc(Cl)cc1)c1cc(F)ccc1Br. The van der Waals surface area contributed by atoms with Gasteiger partial charge in [0.05, 0.1) is 12.6 Å². The second-order valence-corrected chi connectivity index (χ2v) is 5.34. The topological polar surface area (TPSA) is 32.3 Å². The predicted molar refractivity (Wildman–Crippen MR) is 79.0 cm³/mol. The Labute approximate surface area is 124 Å².